The molecule has 0 radical (unpaired) electrons. The molecule has 16 heavy (non-hydrogen) atoms. The van der Waals surface area contributed by atoms with Crippen LogP contribution in [0, 0.1) is 6.92 Å². The number of hydrogen-bond donors (Lipinski definition) is 0. The summed E-state index contributed by atoms with van der Waals surface area (Å²) in [5.41, 5.74) is 1.94. The van der Waals surface area contributed by atoms with E-state index in [-0.39, 0.29) is 12.8 Å². The highest BCUT2D eigenvalue weighted by Gasteiger charge is 2.34. The molecule has 1 heterocycles. The van der Waals surface area contributed by atoms with E-state index in [2.05, 4.69) is 0 Å². The minimum Gasteiger partial charge on any atom is -0.371 e. The largest absolute Gasteiger partial charge is 0.371 e. The molecular weight excluding hydrogens is 232 g/mol. The van der Waals surface area contributed by atoms with Gasteiger partial charge in [-0.2, -0.15) is 0 Å². The predicted molar refractivity (Wildman–Crippen MR) is 62.6 cm³/mol. The van der Waals surface area contributed by atoms with E-state index in [4.69, 9.17) is 11.6 Å². The van der Waals surface area contributed by atoms with Crippen molar-refractivity contribution in [3.63, 3.8) is 0 Å². The second-order valence-electron chi connectivity index (χ2n) is 4.23. The van der Waals surface area contributed by atoms with Crippen LogP contribution in [0.4, 0.5) is 14.5 Å². The highest BCUT2D eigenvalue weighted by molar-refractivity contribution is 6.31. The van der Waals surface area contributed by atoms with Crippen LogP contribution in [0.2, 0.25) is 5.02 Å². The van der Waals surface area contributed by atoms with E-state index < -0.39 is 5.92 Å². The van der Waals surface area contributed by atoms with Crippen LogP contribution in [0.5, 0.6) is 0 Å². The molecule has 0 atom stereocenters. The van der Waals surface area contributed by atoms with Gasteiger partial charge in [0.25, 0.3) is 5.92 Å². The van der Waals surface area contributed by atoms with Gasteiger partial charge in [0.1, 0.15) is 0 Å². The zero-order valence-electron chi connectivity index (χ0n) is 9.14. The Morgan fingerprint density at radius 3 is 2.50 bits per heavy atom. The van der Waals surface area contributed by atoms with Gasteiger partial charge in [-0.1, -0.05) is 17.7 Å². The highest BCUT2D eigenvalue weighted by Crippen LogP contribution is 2.33. The van der Waals surface area contributed by atoms with E-state index in [0.717, 1.165) is 11.3 Å². The molecule has 88 valence electrons. The van der Waals surface area contributed by atoms with E-state index in [9.17, 15) is 8.78 Å². The van der Waals surface area contributed by atoms with Crippen molar-refractivity contribution in [3.05, 3.63) is 28.8 Å². The first-order valence-corrected chi connectivity index (χ1v) is 5.75. The first kappa shape index (κ1) is 11.6. The number of piperidine rings is 1. The summed E-state index contributed by atoms with van der Waals surface area (Å²) in [4.78, 5) is 1.98. The quantitative estimate of drug-likeness (QED) is 0.726. The Bertz CT molecular complexity index is 383. The Labute approximate surface area is 99.0 Å². The summed E-state index contributed by atoms with van der Waals surface area (Å²) < 4.78 is 26.0. The number of anilines is 1. The second-order valence-corrected chi connectivity index (χ2v) is 4.63. The standard InChI is InChI=1S/C12H14ClF2N/c1-9-10(13)3-2-4-11(9)16-7-5-12(14,15)6-8-16/h2-4H,5-8H2,1H3. The molecule has 1 aliphatic heterocycles. The molecule has 0 N–H and O–H groups in total. The molecule has 1 aromatic carbocycles. The van der Waals surface area contributed by atoms with E-state index in [1.54, 1.807) is 0 Å². The number of alkyl halides is 2. The molecule has 4 heteroatoms. The monoisotopic (exact) mass is 245 g/mol. The van der Waals surface area contributed by atoms with Crippen molar-refractivity contribution in [1.29, 1.82) is 0 Å². The molecule has 2 rings (SSSR count). The first-order valence-electron chi connectivity index (χ1n) is 5.37. The van der Waals surface area contributed by atoms with Gasteiger partial charge >= 0.3 is 0 Å². The molecular formula is C12H14ClF2N. The van der Waals surface area contributed by atoms with Crippen LogP contribution >= 0.6 is 11.6 Å². The molecule has 0 aliphatic carbocycles. The molecule has 1 nitrogen and oxygen atoms in total. The SMILES string of the molecule is Cc1c(Cl)cccc1N1CCC(F)(F)CC1. The number of nitrogens with zero attached hydrogens (tertiary/aromatic N) is 1. The molecule has 1 aliphatic rings. The van der Waals surface area contributed by atoms with Gasteiger partial charge in [-0.15, -0.1) is 0 Å². The second kappa shape index (κ2) is 4.21. The van der Waals surface area contributed by atoms with Crippen molar-refractivity contribution in [2.45, 2.75) is 25.7 Å². The highest BCUT2D eigenvalue weighted by atomic mass is 35.5. The van der Waals surface area contributed by atoms with E-state index in [0.29, 0.717) is 18.1 Å². The summed E-state index contributed by atoms with van der Waals surface area (Å²) in [5.74, 6) is -2.50. The summed E-state index contributed by atoms with van der Waals surface area (Å²) in [6, 6.07) is 5.61. The minimum atomic E-state index is -2.50. The predicted octanol–water partition coefficient (Wildman–Crippen LogP) is 3.88. The van der Waals surface area contributed by atoms with Gasteiger partial charge in [-0.25, -0.2) is 8.78 Å². The van der Waals surface area contributed by atoms with Gasteiger partial charge in [0.15, 0.2) is 0 Å². The van der Waals surface area contributed by atoms with Crippen LogP contribution in [0.1, 0.15) is 18.4 Å². The molecule has 0 spiro atoms. The molecule has 0 amide bonds. The maximum absolute atomic E-state index is 13.0. The number of benzene rings is 1. The van der Waals surface area contributed by atoms with Gasteiger partial charge in [-0.3, -0.25) is 0 Å². The smallest absolute Gasteiger partial charge is 0.251 e. The topological polar surface area (TPSA) is 3.24 Å². The van der Waals surface area contributed by atoms with Crippen molar-refractivity contribution >= 4 is 17.3 Å². The zero-order valence-corrected chi connectivity index (χ0v) is 9.90. The zero-order chi connectivity index (χ0) is 11.8. The molecule has 0 saturated carbocycles. The lowest BCUT2D eigenvalue weighted by Gasteiger charge is -2.34. The normalized spacial score (nSPS) is 19.9. The van der Waals surface area contributed by atoms with Gasteiger partial charge in [0.2, 0.25) is 0 Å². The minimum absolute atomic E-state index is 0.0705. The van der Waals surface area contributed by atoms with Gasteiger partial charge in [0, 0.05) is 36.6 Å². The average Bonchev–Trinajstić information content (AvgIpc) is 2.23. The van der Waals surface area contributed by atoms with E-state index >= 15 is 0 Å². The van der Waals surface area contributed by atoms with Crippen LogP contribution in [-0.4, -0.2) is 19.0 Å². The fourth-order valence-corrected chi connectivity index (χ4v) is 2.18. The Morgan fingerprint density at radius 1 is 1.25 bits per heavy atom. The van der Waals surface area contributed by atoms with Gasteiger partial charge < -0.3 is 4.90 Å². The van der Waals surface area contributed by atoms with Crippen LogP contribution < -0.4 is 4.90 Å². The summed E-state index contributed by atoms with van der Waals surface area (Å²) in [6.07, 6.45) is -0.141. The van der Waals surface area contributed by atoms with Crippen LogP contribution in [0.15, 0.2) is 18.2 Å². The average molecular weight is 246 g/mol. The summed E-state index contributed by atoms with van der Waals surface area (Å²) >= 11 is 6.01. The van der Waals surface area contributed by atoms with E-state index in [1.165, 1.54) is 0 Å². The fraction of sp³-hybridized carbons (Fsp3) is 0.500. The number of rotatable bonds is 1. The maximum atomic E-state index is 13.0. The molecule has 0 aromatic heterocycles. The van der Waals surface area contributed by atoms with Crippen LogP contribution in [0.3, 0.4) is 0 Å². The van der Waals surface area contributed by atoms with Gasteiger partial charge in [0.05, 0.1) is 0 Å². The lowest BCUT2D eigenvalue weighted by molar-refractivity contribution is -0.0220. The third-order valence-corrected chi connectivity index (χ3v) is 3.48. The summed E-state index contributed by atoms with van der Waals surface area (Å²) in [5, 5.41) is 0.690. The molecule has 0 unspecified atom stereocenters. The molecule has 1 fully saturated rings. The number of hydrogen-bond acceptors (Lipinski definition) is 1. The lowest BCUT2D eigenvalue weighted by atomic mass is 10.0. The van der Waals surface area contributed by atoms with Crippen molar-refractivity contribution < 1.29 is 8.78 Å². The Morgan fingerprint density at radius 2 is 1.88 bits per heavy atom. The Hall–Kier alpha value is -0.830. The van der Waals surface area contributed by atoms with Crippen molar-refractivity contribution in [2.24, 2.45) is 0 Å². The fourth-order valence-electron chi connectivity index (χ4n) is 2.01. The maximum Gasteiger partial charge on any atom is 0.251 e. The number of halogens is 3. The summed E-state index contributed by atoms with van der Waals surface area (Å²) in [7, 11) is 0. The molecule has 1 aromatic rings. The Kier molecular flexibility index (Phi) is 3.06. The van der Waals surface area contributed by atoms with Crippen LogP contribution in [0.25, 0.3) is 0 Å². The van der Waals surface area contributed by atoms with Crippen molar-refractivity contribution in [3.8, 4) is 0 Å². The summed E-state index contributed by atoms with van der Waals surface area (Å²) in [6.45, 7) is 2.72. The van der Waals surface area contributed by atoms with Crippen molar-refractivity contribution in [1.82, 2.24) is 0 Å². The first-order chi connectivity index (χ1) is 7.49. The van der Waals surface area contributed by atoms with Gasteiger partial charge in [-0.05, 0) is 24.6 Å². The Balaban J connectivity index is 2.17. The van der Waals surface area contributed by atoms with Crippen LogP contribution in [-0.2, 0) is 0 Å². The third-order valence-electron chi connectivity index (χ3n) is 3.07. The lowest BCUT2D eigenvalue weighted by Crippen LogP contribution is -2.39. The molecule has 1 saturated heterocycles. The van der Waals surface area contributed by atoms with Crippen molar-refractivity contribution in [2.75, 3.05) is 18.0 Å². The van der Waals surface area contributed by atoms with E-state index in [1.807, 2.05) is 30.0 Å². The molecule has 0 bridgehead atoms. The third kappa shape index (κ3) is 2.29.